The molecule has 0 aromatic heterocycles. The summed E-state index contributed by atoms with van der Waals surface area (Å²) in [4.78, 5) is 16.6. The minimum atomic E-state index is 0.0451. The molecule has 1 aromatic carbocycles. The molecule has 0 unspecified atom stereocenters. The van der Waals surface area contributed by atoms with E-state index in [1.165, 1.54) is 0 Å². The molecule has 1 saturated heterocycles. The standard InChI is InChI=1S/C16H20BrN3O2/c1-2-22-15-5-4-13(12-14(15)17)16(21)20-10-8-19(9-11-20)7-3-6-18/h4-5,12H,2-3,7-11H2,1H3. The average molecular weight is 366 g/mol. The number of rotatable bonds is 5. The van der Waals surface area contributed by atoms with E-state index in [9.17, 15) is 4.79 Å². The van der Waals surface area contributed by atoms with Crippen LogP contribution in [0, 0.1) is 11.3 Å². The molecule has 0 atom stereocenters. The van der Waals surface area contributed by atoms with E-state index >= 15 is 0 Å². The van der Waals surface area contributed by atoms with Crippen LogP contribution in [0.25, 0.3) is 0 Å². The van der Waals surface area contributed by atoms with E-state index < -0.39 is 0 Å². The summed E-state index contributed by atoms with van der Waals surface area (Å²) in [6, 6.07) is 7.60. The third kappa shape index (κ3) is 4.21. The Bertz CT molecular complexity index is 563. The Morgan fingerprint density at radius 2 is 2.09 bits per heavy atom. The summed E-state index contributed by atoms with van der Waals surface area (Å²) >= 11 is 3.44. The van der Waals surface area contributed by atoms with Crippen molar-refractivity contribution in [3.8, 4) is 11.8 Å². The zero-order valence-electron chi connectivity index (χ0n) is 12.7. The summed E-state index contributed by atoms with van der Waals surface area (Å²) in [6.45, 7) is 6.36. The topological polar surface area (TPSA) is 56.6 Å². The molecule has 1 aliphatic heterocycles. The molecule has 1 aliphatic rings. The van der Waals surface area contributed by atoms with Gasteiger partial charge in [0.2, 0.25) is 0 Å². The lowest BCUT2D eigenvalue weighted by Gasteiger charge is -2.34. The minimum Gasteiger partial charge on any atom is -0.493 e. The molecule has 118 valence electrons. The third-order valence-corrected chi connectivity index (χ3v) is 4.30. The molecular weight excluding hydrogens is 346 g/mol. The molecule has 0 spiro atoms. The van der Waals surface area contributed by atoms with Crippen LogP contribution in [0.5, 0.6) is 5.75 Å². The predicted molar refractivity (Wildman–Crippen MR) is 87.9 cm³/mol. The SMILES string of the molecule is CCOc1ccc(C(=O)N2CCN(CCC#N)CC2)cc1Br. The first-order chi connectivity index (χ1) is 10.7. The molecule has 0 aliphatic carbocycles. The molecule has 22 heavy (non-hydrogen) atoms. The van der Waals surface area contributed by atoms with E-state index in [-0.39, 0.29) is 5.91 Å². The summed E-state index contributed by atoms with van der Waals surface area (Å²) < 4.78 is 6.26. The van der Waals surface area contributed by atoms with Crippen molar-refractivity contribution in [2.24, 2.45) is 0 Å². The van der Waals surface area contributed by atoms with Crippen LogP contribution in [0.2, 0.25) is 0 Å². The normalized spacial score (nSPS) is 15.4. The van der Waals surface area contributed by atoms with Crippen molar-refractivity contribution in [2.75, 3.05) is 39.3 Å². The van der Waals surface area contributed by atoms with E-state index in [0.29, 0.717) is 31.7 Å². The van der Waals surface area contributed by atoms with Crippen molar-refractivity contribution in [3.63, 3.8) is 0 Å². The van der Waals surface area contributed by atoms with Crippen LogP contribution in [0.15, 0.2) is 22.7 Å². The number of benzene rings is 1. The number of halogens is 1. The van der Waals surface area contributed by atoms with Gasteiger partial charge in [-0.05, 0) is 41.1 Å². The van der Waals surface area contributed by atoms with Gasteiger partial charge in [-0.3, -0.25) is 9.69 Å². The molecular formula is C16H20BrN3O2. The second-order valence-electron chi connectivity index (χ2n) is 5.12. The van der Waals surface area contributed by atoms with E-state index in [0.717, 1.165) is 29.9 Å². The largest absolute Gasteiger partial charge is 0.493 e. The number of piperazine rings is 1. The van der Waals surface area contributed by atoms with Crippen LogP contribution in [-0.2, 0) is 0 Å². The monoisotopic (exact) mass is 365 g/mol. The lowest BCUT2D eigenvalue weighted by atomic mass is 10.1. The molecule has 2 rings (SSSR count). The van der Waals surface area contributed by atoms with E-state index in [2.05, 4.69) is 26.9 Å². The number of carbonyl (C=O) groups excluding carboxylic acids is 1. The first-order valence-electron chi connectivity index (χ1n) is 7.46. The zero-order chi connectivity index (χ0) is 15.9. The second kappa shape index (κ2) is 8.16. The second-order valence-corrected chi connectivity index (χ2v) is 5.97. The highest BCUT2D eigenvalue weighted by molar-refractivity contribution is 9.10. The van der Waals surface area contributed by atoms with Gasteiger partial charge in [0.1, 0.15) is 5.75 Å². The van der Waals surface area contributed by atoms with Crippen molar-refractivity contribution < 1.29 is 9.53 Å². The predicted octanol–water partition coefficient (Wildman–Crippen LogP) is 2.52. The molecule has 5 nitrogen and oxygen atoms in total. The maximum Gasteiger partial charge on any atom is 0.253 e. The number of carbonyl (C=O) groups is 1. The van der Waals surface area contributed by atoms with Gasteiger partial charge in [0.05, 0.1) is 17.1 Å². The van der Waals surface area contributed by atoms with Gasteiger partial charge < -0.3 is 9.64 Å². The molecule has 1 fully saturated rings. The third-order valence-electron chi connectivity index (χ3n) is 3.68. The summed E-state index contributed by atoms with van der Waals surface area (Å²) in [5.74, 6) is 0.795. The molecule has 1 amide bonds. The highest BCUT2D eigenvalue weighted by atomic mass is 79.9. The fourth-order valence-electron chi connectivity index (χ4n) is 2.47. The fraction of sp³-hybridized carbons (Fsp3) is 0.500. The number of nitrogens with zero attached hydrogens (tertiary/aromatic N) is 3. The van der Waals surface area contributed by atoms with Crippen molar-refractivity contribution in [2.45, 2.75) is 13.3 Å². The number of nitriles is 1. The van der Waals surface area contributed by atoms with E-state index in [1.54, 1.807) is 6.07 Å². The lowest BCUT2D eigenvalue weighted by Crippen LogP contribution is -2.48. The highest BCUT2D eigenvalue weighted by Gasteiger charge is 2.22. The molecule has 1 heterocycles. The van der Waals surface area contributed by atoms with Crippen LogP contribution in [0.4, 0.5) is 0 Å². The van der Waals surface area contributed by atoms with Crippen molar-refractivity contribution in [1.82, 2.24) is 9.80 Å². The molecule has 1 aromatic rings. The van der Waals surface area contributed by atoms with Gasteiger partial charge >= 0.3 is 0 Å². The maximum atomic E-state index is 12.5. The first kappa shape index (κ1) is 16.8. The number of hydrogen-bond acceptors (Lipinski definition) is 4. The van der Waals surface area contributed by atoms with Gasteiger partial charge in [0, 0.05) is 44.7 Å². The summed E-state index contributed by atoms with van der Waals surface area (Å²) in [6.07, 6.45) is 0.541. The molecule has 0 saturated carbocycles. The van der Waals surface area contributed by atoms with Crippen molar-refractivity contribution in [1.29, 1.82) is 5.26 Å². The Morgan fingerprint density at radius 3 is 2.68 bits per heavy atom. The fourth-order valence-corrected chi connectivity index (χ4v) is 2.96. The van der Waals surface area contributed by atoms with Gasteiger partial charge in [0.25, 0.3) is 5.91 Å². The first-order valence-corrected chi connectivity index (χ1v) is 8.26. The number of ether oxygens (including phenoxy) is 1. The summed E-state index contributed by atoms with van der Waals surface area (Å²) in [5, 5.41) is 8.62. The Hall–Kier alpha value is -1.58. The number of amides is 1. The highest BCUT2D eigenvalue weighted by Crippen LogP contribution is 2.26. The Labute approximate surface area is 139 Å². The van der Waals surface area contributed by atoms with Gasteiger partial charge in [-0.15, -0.1) is 0 Å². The molecule has 0 radical (unpaired) electrons. The van der Waals surface area contributed by atoms with Crippen LogP contribution in [0.1, 0.15) is 23.7 Å². The molecule has 6 heteroatoms. The smallest absolute Gasteiger partial charge is 0.253 e. The quantitative estimate of drug-likeness (QED) is 0.804. The van der Waals surface area contributed by atoms with Gasteiger partial charge in [-0.1, -0.05) is 0 Å². The summed E-state index contributed by atoms with van der Waals surface area (Å²) in [5.41, 5.74) is 0.667. The van der Waals surface area contributed by atoms with Crippen LogP contribution in [0.3, 0.4) is 0 Å². The van der Waals surface area contributed by atoms with E-state index in [1.807, 2.05) is 24.0 Å². The Kier molecular flexibility index (Phi) is 6.22. The van der Waals surface area contributed by atoms with Crippen LogP contribution >= 0.6 is 15.9 Å². The van der Waals surface area contributed by atoms with Crippen molar-refractivity contribution >= 4 is 21.8 Å². The van der Waals surface area contributed by atoms with Crippen LogP contribution < -0.4 is 4.74 Å². The molecule has 0 N–H and O–H groups in total. The van der Waals surface area contributed by atoms with Gasteiger partial charge in [0.15, 0.2) is 0 Å². The number of hydrogen-bond donors (Lipinski definition) is 0. The maximum absolute atomic E-state index is 12.5. The summed E-state index contributed by atoms with van der Waals surface area (Å²) in [7, 11) is 0. The Morgan fingerprint density at radius 1 is 1.36 bits per heavy atom. The van der Waals surface area contributed by atoms with E-state index in [4.69, 9.17) is 10.00 Å². The van der Waals surface area contributed by atoms with Crippen molar-refractivity contribution in [3.05, 3.63) is 28.2 Å². The lowest BCUT2D eigenvalue weighted by molar-refractivity contribution is 0.0639. The molecule has 0 bridgehead atoms. The zero-order valence-corrected chi connectivity index (χ0v) is 14.3. The Balaban J connectivity index is 1.95. The van der Waals surface area contributed by atoms with Gasteiger partial charge in [-0.25, -0.2) is 0 Å². The average Bonchev–Trinajstić information content (AvgIpc) is 2.55. The van der Waals surface area contributed by atoms with Gasteiger partial charge in [-0.2, -0.15) is 5.26 Å². The van der Waals surface area contributed by atoms with Crippen LogP contribution in [-0.4, -0.2) is 55.0 Å². The minimum absolute atomic E-state index is 0.0451.